The number of aliphatic hydroxyl groups excluding tert-OH is 3. The third kappa shape index (κ3) is 13.3. The predicted molar refractivity (Wildman–Crippen MR) is 217 cm³/mol. The van der Waals surface area contributed by atoms with Crippen molar-refractivity contribution in [2.45, 2.75) is 190 Å². The number of aliphatic hydroxyl groups is 4. The highest BCUT2D eigenvalue weighted by atomic mass is 16.7. The van der Waals surface area contributed by atoms with Gasteiger partial charge in [0.1, 0.15) is 36.8 Å². The van der Waals surface area contributed by atoms with Crippen LogP contribution in [0.5, 0.6) is 0 Å². The first-order valence-corrected chi connectivity index (χ1v) is 21.3. The van der Waals surface area contributed by atoms with Gasteiger partial charge in [0.05, 0.1) is 54.7 Å². The lowest BCUT2D eigenvalue weighted by Gasteiger charge is -2.50. The number of cyclic esters (lactones) is 1. The molecule has 0 amide bonds. The first-order chi connectivity index (χ1) is 27.8. The number of hydrogen-bond acceptors (Lipinski definition) is 16. The number of esters is 1. The van der Waals surface area contributed by atoms with E-state index in [0.717, 1.165) is 12.7 Å². The quantitative estimate of drug-likeness (QED) is 0.175. The molecule has 0 bridgehead atoms. The second-order valence-corrected chi connectivity index (χ2v) is 17.8. The molecule has 3 saturated heterocycles. The fraction of sp³-hybridized carbons (Fsp3) is 0.860. The SMILES string of the molecule is CO[C@@H]1[C@@H](O[C@@H]2O[C@H](C)[C@@H](O[C@H]3C[C@@](C)(O)[C@@H](O)[C@H](C)O3)[C@@H](N(C)C)[C@H]2O)[C@@H](CC=O)C[C@@H](C)[C@H](OC2CC[C@H](N(C)C)[C@@H](C)O2)/C=C/C=C/C[C@@H](C)OC(=O)C[C@H]1O. The van der Waals surface area contributed by atoms with E-state index in [2.05, 4.69) is 4.90 Å². The average Bonchev–Trinajstić information content (AvgIpc) is 3.13. The van der Waals surface area contributed by atoms with Gasteiger partial charge in [-0.2, -0.15) is 0 Å². The minimum absolute atomic E-state index is 0.00885. The van der Waals surface area contributed by atoms with Crippen molar-refractivity contribution in [1.82, 2.24) is 9.80 Å². The molecule has 0 aromatic carbocycles. The number of allylic oxidation sites excluding steroid dienone is 2. The molecule has 16 nitrogen and oxygen atoms in total. The summed E-state index contributed by atoms with van der Waals surface area (Å²) in [6.07, 6.45) is -1.56. The van der Waals surface area contributed by atoms with Crippen LogP contribution in [-0.2, 0) is 47.5 Å². The minimum Gasteiger partial charge on any atom is -0.462 e. The average molecular weight is 843 g/mol. The van der Waals surface area contributed by atoms with Gasteiger partial charge in [0, 0.05) is 32.4 Å². The topological polar surface area (TPSA) is 195 Å². The fourth-order valence-corrected chi connectivity index (χ4v) is 9.10. The summed E-state index contributed by atoms with van der Waals surface area (Å²) in [7, 11) is 9.03. The maximum atomic E-state index is 13.1. The molecule has 3 fully saturated rings. The zero-order valence-electron chi connectivity index (χ0n) is 37.0. The summed E-state index contributed by atoms with van der Waals surface area (Å²) in [5.74, 6) is -1.47. The zero-order chi connectivity index (χ0) is 43.8. The summed E-state index contributed by atoms with van der Waals surface area (Å²) < 4.78 is 50.0. The Labute approximate surface area is 351 Å². The third-order valence-corrected chi connectivity index (χ3v) is 12.4. The summed E-state index contributed by atoms with van der Waals surface area (Å²) >= 11 is 0. The molecule has 4 N–H and O–H groups in total. The number of likely N-dealkylation sites (N-methyl/N-ethyl adjacent to an activating group) is 2. The Morgan fingerprint density at radius 1 is 0.864 bits per heavy atom. The molecule has 0 spiro atoms. The molecule has 16 heteroatoms. The number of nitrogens with zero attached hydrogens (tertiary/aromatic N) is 2. The van der Waals surface area contributed by atoms with Crippen molar-refractivity contribution < 1.29 is 67.9 Å². The first kappa shape index (κ1) is 49.8. The van der Waals surface area contributed by atoms with E-state index in [1.54, 1.807) is 39.8 Å². The fourth-order valence-electron chi connectivity index (χ4n) is 9.10. The largest absolute Gasteiger partial charge is 0.462 e. The van der Waals surface area contributed by atoms with Crippen molar-refractivity contribution in [3.63, 3.8) is 0 Å². The van der Waals surface area contributed by atoms with Crippen LogP contribution in [-0.4, -0.2) is 181 Å². The van der Waals surface area contributed by atoms with Gasteiger partial charge >= 0.3 is 5.97 Å². The lowest BCUT2D eigenvalue weighted by Crippen LogP contribution is -2.65. The van der Waals surface area contributed by atoms with Crippen molar-refractivity contribution >= 4 is 12.3 Å². The van der Waals surface area contributed by atoms with E-state index >= 15 is 0 Å². The van der Waals surface area contributed by atoms with Crippen LogP contribution in [0, 0.1) is 11.8 Å². The number of aldehydes is 1. The predicted octanol–water partition coefficient (Wildman–Crippen LogP) is 2.33. The maximum absolute atomic E-state index is 13.1. The standard InChI is InChI=1S/C43H74N2O14/c1-24-21-29(19-20-46)39(59-42-37(49)36(45(9)10)38(27(4)56-42)58-35-23-43(6,51)41(50)28(5)55-35)40(52-11)31(47)22-33(48)53-25(2)15-13-12-14-16-32(24)57-34-18-17-30(44(7)8)26(3)54-34/h12-14,16,20,24-32,34-42,47,49-51H,15,17-19,21-23H2,1-11H3/b13-12+,16-14+/t24-,25-,26-,27-,28+,29+,30+,31-,32-,34?,35+,36+,37-,38-,39+,40+,41+,42+,43-/m1/s1. The van der Waals surface area contributed by atoms with E-state index in [1.165, 1.54) is 14.0 Å². The van der Waals surface area contributed by atoms with Crippen molar-refractivity contribution in [1.29, 1.82) is 0 Å². The zero-order valence-corrected chi connectivity index (χ0v) is 37.0. The maximum Gasteiger partial charge on any atom is 0.308 e. The number of rotatable bonds is 11. The molecule has 1 unspecified atom stereocenters. The molecule has 4 rings (SSSR count). The highest BCUT2D eigenvalue weighted by Crippen LogP contribution is 2.37. The van der Waals surface area contributed by atoms with Crippen LogP contribution in [0.4, 0.5) is 0 Å². The van der Waals surface area contributed by atoms with Crippen LogP contribution in [0.2, 0.25) is 0 Å². The van der Waals surface area contributed by atoms with E-state index < -0.39 is 110 Å². The molecule has 0 aliphatic carbocycles. The molecule has 0 aromatic heterocycles. The summed E-state index contributed by atoms with van der Waals surface area (Å²) in [4.78, 5) is 29.5. The van der Waals surface area contributed by atoms with E-state index in [-0.39, 0.29) is 30.9 Å². The van der Waals surface area contributed by atoms with Gasteiger partial charge in [-0.05, 0) is 93.9 Å². The summed E-state index contributed by atoms with van der Waals surface area (Å²) in [6.45, 7) is 10.8. The monoisotopic (exact) mass is 843 g/mol. The van der Waals surface area contributed by atoms with Crippen LogP contribution in [0.1, 0.15) is 86.5 Å². The first-order valence-electron chi connectivity index (χ1n) is 21.3. The Morgan fingerprint density at radius 2 is 1.56 bits per heavy atom. The van der Waals surface area contributed by atoms with Crippen molar-refractivity contribution in [2.24, 2.45) is 11.8 Å². The smallest absolute Gasteiger partial charge is 0.308 e. The Bertz CT molecular complexity index is 1370. The van der Waals surface area contributed by atoms with Gasteiger partial charge in [-0.15, -0.1) is 0 Å². The van der Waals surface area contributed by atoms with Gasteiger partial charge in [-0.25, -0.2) is 0 Å². The third-order valence-electron chi connectivity index (χ3n) is 12.4. The van der Waals surface area contributed by atoms with Crippen LogP contribution >= 0.6 is 0 Å². The van der Waals surface area contributed by atoms with Crippen molar-refractivity contribution in [3.05, 3.63) is 24.3 Å². The molecular formula is C43H74N2O14. The van der Waals surface area contributed by atoms with Gasteiger partial charge in [0.25, 0.3) is 0 Å². The number of methoxy groups -OCH3 is 1. The normalized spacial score (nSPS) is 45.8. The molecule has 19 atom stereocenters. The van der Waals surface area contributed by atoms with Gasteiger partial charge in [0.15, 0.2) is 18.9 Å². The highest BCUT2D eigenvalue weighted by Gasteiger charge is 2.52. The van der Waals surface area contributed by atoms with Crippen LogP contribution in [0.15, 0.2) is 24.3 Å². The molecule has 0 radical (unpaired) electrons. The summed E-state index contributed by atoms with van der Waals surface area (Å²) in [6, 6.07) is -0.466. The van der Waals surface area contributed by atoms with Gasteiger partial charge < -0.3 is 72.9 Å². The van der Waals surface area contributed by atoms with Crippen molar-refractivity contribution in [2.75, 3.05) is 35.3 Å². The molecule has 4 aliphatic rings. The Kier molecular flexibility index (Phi) is 18.9. The number of ether oxygens (including phenoxy) is 8. The summed E-state index contributed by atoms with van der Waals surface area (Å²) in [5, 5.41) is 45.1. The van der Waals surface area contributed by atoms with Gasteiger partial charge in [0.2, 0.25) is 0 Å². The molecule has 59 heavy (non-hydrogen) atoms. The Hall–Kier alpha value is -1.90. The van der Waals surface area contributed by atoms with E-state index in [1.807, 2.05) is 52.2 Å². The molecule has 0 saturated carbocycles. The Balaban J connectivity index is 1.66. The molecular weight excluding hydrogens is 768 g/mol. The lowest BCUT2D eigenvalue weighted by molar-refractivity contribution is -0.344. The van der Waals surface area contributed by atoms with Gasteiger partial charge in [-0.3, -0.25) is 4.79 Å². The summed E-state index contributed by atoms with van der Waals surface area (Å²) in [5.41, 5.74) is -1.47. The second kappa shape index (κ2) is 22.5. The molecule has 4 heterocycles. The van der Waals surface area contributed by atoms with Crippen LogP contribution in [0.25, 0.3) is 0 Å². The van der Waals surface area contributed by atoms with E-state index in [9.17, 15) is 30.0 Å². The molecule has 0 aromatic rings. The minimum atomic E-state index is -1.47. The molecule has 4 aliphatic heterocycles. The Morgan fingerprint density at radius 3 is 2.17 bits per heavy atom. The number of hydrogen-bond donors (Lipinski definition) is 4. The second-order valence-electron chi connectivity index (χ2n) is 17.8. The van der Waals surface area contributed by atoms with Crippen LogP contribution < -0.4 is 0 Å². The molecule has 340 valence electrons. The number of carbonyl (C=O) groups excluding carboxylic acids is 2. The van der Waals surface area contributed by atoms with Gasteiger partial charge in [-0.1, -0.05) is 31.2 Å². The number of carbonyl (C=O) groups is 2. The highest BCUT2D eigenvalue weighted by molar-refractivity contribution is 5.70. The lowest BCUT2D eigenvalue weighted by atomic mass is 9.82. The van der Waals surface area contributed by atoms with Crippen molar-refractivity contribution in [3.8, 4) is 0 Å². The van der Waals surface area contributed by atoms with Crippen LogP contribution in [0.3, 0.4) is 0 Å². The van der Waals surface area contributed by atoms with E-state index in [0.29, 0.717) is 19.3 Å². The van der Waals surface area contributed by atoms with E-state index in [4.69, 9.17) is 37.9 Å².